The zero-order chi connectivity index (χ0) is 13.0. The third-order valence-electron chi connectivity index (χ3n) is 2.20. The van der Waals surface area contributed by atoms with Crippen LogP contribution in [0.2, 0.25) is 0 Å². The second kappa shape index (κ2) is 5.40. The molecule has 0 fully saturated rings. The van der Waals surface area contributed by atoms with Crippen LogP contribution in [0.25, 0.3) is 0 Å². The van der Waals surface area contributed by atoms with Crippen LogP contribution in [-0.4, -0.2) is 22.0 Å². The van der Waals surface area contributed by atoms with Crippen molar-refractivity contribution in [2.24, 2.45) is 0 Å². The summed E-state index contributed by atoms with van der Waals surface area (Å²) < 4.78 is 0. The number of carbonyl (C=O) groups is 1. The first-order valence-electron chi connectivity index (χ1n) is 5.22. The van der Waals surface area contributed by atoms with Gasteiger partial charge in [-0.05, 0) is 19.1 Å². The van der Waals surface area contributed by atoms with Crippen LogP contribution in [0.15, 0.2) is 18.2 Å². The second-order valence-corrected chi connectivity index (χ2v) is 3.59. The van der Waals surface area contributed by atoms with Gasteiger partial charge in [0.1, 0.15) is 11.9 Å². The highest BCUT2D eigenvalue weighted by molar-refractivity contribution is 5.97. The number of nitro groups is 1. The van der Waals surface area contributed by atoms with E-state index in [-0.39, 0.29) is 17.2 Å². The number of aliphatic hydroxyl groups excluding tert-OH is 1. The standard InChI is InChI=1S/C11H14N2O4/c1-3-11(15)8-4-5-9(12-7(2)14)10(6-8)13(16)17/h4-7,12,14H,3H2,1-2H3. The van der Waals surface area contributed by atoms with E-state index in [1.54, 1.807) is 6.92 Å². The zero-order valence-electron chi connectivity index (χ0n) is 9.64. The van der Waals surface area contributed by atoms with Gasteiger partial charge in [0.2, 0.25) is 0 Å². The van der Waals surface area contributed by atoms with Gasteiger partial charge < -0.3 is 10.4 Å². The Morgan fingerprint density at radius 1 is 1.59 bits per heavy atom. The molecule has 92 valence electrons. The summed E-state index contributed by atoms with van der Waals surface area (Å²) in [6.07, 6.45) is -0.609. The van der Waals surface area contributed by atoms with Gasteiger partial charge in [-0.1, -0.05) is 6.92 Å². The number of nitrogens with one attached hydrogen (secondary N) is 1. The number of hydrogen-bond acceptors (Lipinski definition) is 5. The van der Waals surface area contributed by atoms with Crippen LogP contribution in [0.1, 0.15) is 30.6 Å². The molecular weight excluding hydrogens is 224 g/mol. The molecule has 0 aliphatic carbocycles. The average molecular weight is 238 g/mol. The Hall–Kier alpha value is -1.95. The molecule has 0 aromatic heterocycles. The number of benzene rings is 1. The van der Waals surface area contributed by atoms with E-state index in [2.05, 4.69) is 5.32 Å². The number of anilines is 1. The number of hydrogen-bond donors (Lipinski definition) is 2. The van der Waals surface area contributed by atoms with Crippen molar-refractivity contribution in [3.8, 4) is 0 Å². The normalized spacial score (nSPS) is 11.9. The van der Waals surface area contributed by atoms with Crippen molar-refractivity contribution in [1.82, 2.24) is 0 Å². The summed E-state index contributed by atoms with van der Waals surface area (Å²) in [5, 5.41) is 22.5. The van der Waals surface area contributed by atoms with Gasteiger partial charge in [0.15, 0.2) is 5.78 Å². The highest BCUT2D eigenvalue weighted by atomic mass is 16.6. The summed E-state index contributed by atoms with van der Waals surface area (Å²) in [5.74, 6) is -0.156. The van der Waals surface area contributed by atoms with Crippen molar-refractivity contribution in [2.75, 3.05) is 5.32 Å². The maximum atomic E-state index is 11.4. The Kier molecular flexibility index (Phi) is 4.17. The Bertz CT molecular complexity index is 443. The fourth-order valence-corrected chi connectivity index (χ4v) is 1.41. The van der Waals surface area contributed by atoms with Crippen molar-refractivity contribution in [2.45, 2.75) is 26.5 Å². The molecule has 0 amide bonds. The number of carbonyl (C=O) groups excluding carboxylic acids is 1. The monoisotopic (exact) mass is 238 g/mol. The van der Waals surface area contributed by atoms with Gasteiger partial charge in [-0.25, -0.2) is 0 Å². The number of ketones is 1. The summed E-state index contributed by atoms with van der Waals surface area (Å²) in [7, 11) is 0. The molecule has 0 spiro atoms. The third-order valence-corrected chi connectivity index (χ3v) is 2.20. The quantitative estimate of drug-likeness (QED) is 0.354. The number of Topliss-reactive ketones (excluding diaryl/α,β-unsaturated/α-hetero) is 1. The Balaban J connectivity index is 3.17. The molecule has 1 rings (SSSR count). The van der Waals surface area contributed by atoms with Crippen molar-refractivity contribution in [3.63, 3.8) is 0 Å². The Labute approximate surface area is 98.4 Å². The molecule has 0 radical (unpaired) electrons. The van der Waals surface area contributed by atoms with Gasteiger partial charge >= 0.3 is 0 Å². The number of rotatable bonds is 5. The highest BCUT2D eigenvalue weighted by Crippen LogP contribution is 2.26. The molecule has 1 aromatic rings. The van der Waals surface area contributed by atoms with Crippen molar-refractivity contribution >= 4 is 17.2 Å². The zero-order valence-corrected chi connectivity index (χ0v) is 9.64. The highest BCUT2D eigenvalue weighted by Gasteiger charge is 2.17. The lowest BCUT2D eigenvalue weighted by Crippen LogP contribution is -2.14. The first-order chi connectivity index (χ1) is 7.95. The van der Waals surface area contributed by atoms with E-state index in [0.29, 0.717) is 12.0 Å². The van der Waals surface area contributed by atoms with Gasteiger partial charge in [0, 0.05) is 18.1 Å². The molecule has 0 aliphatic rings. The minimum absolute atomic E-state index is 0.156. The second-order valence-electron chi connectivity index (χ2n) is 3.59. The van der Waals surface area contributed by atoms with Crippen LogP contribution >= 0.6 is 0 Å². The molecule has 0 saturated carbocycles. The molecule has 0 aliphatic heterocycles. The molecule has 0 saturated heterocycles. The van der Waals surface area contributed by atoms with Crippen LogP contribution in [0, 0.1) is 10.1 Å². The summed E-state index contributed by atoms with van der Waals surface area (Å²) >= 11 is 0. The van der Waals surface area contributed by atoms with E-state index in [9.17, 15) is 14.9 Å². The average Bonchev–Trinajstić information content (AvgIpc) is 2.27. The molecule has 0 heterocycles. The minimum Gasteiger partial charge on any atom is -0.374 e. The van der Waals surface area contributed by atoms with Crippen LogP contribution in [0.4, 0.5) is 11.4 Å². The van der Waals surface area contributed by atoms with Gasteiger partial charge in [0.05, 0.1) is 4.92 Å². The van der Waals surface area contributed by atoms with Crippen LogP contribution in [0.3, 0.4) is 0 Å². The Morgan fingerprint density at radius 2 is 2.24 bits per heavy atom. The molecule has 1 atom stereocenters. The lowest BCUT2D eigenvalue weighted by Gasteiger charge is -2.10. The lowest BCUT2D eigenvalue weighted by atomic mass is 10.1. The predicted molar refractivity (Wildman–Crippen MR) is 63.0 cm³/mol. The van der Waals surface area contributed by atoms with Crippen LogP contribution < -0.4 is 5.32 Å². The van der Waals surface area contributed by atoms with E-state index >= 15 is 0 Å². The smallest absolute Gasteiger partial charge is 0.293 e. The largest absolute Gasteiger partial charge is 0.374 e. The molecule has 17 heavy (non-hydrogen) atoms. The van der Waals surface area contributed by atoms with Crippen molar-refractivity contribution in [1.29, 1.82) is 0 Å². The SMILES string of the molecule is CCC(=O)c1ccc(NC(C)O)c([N+](=O)[O-])c1. The van der Waals surface area contributed by atoms with Crippen LogP contribution in [-0.2, 0) is 0 Å². The summed E-state index contributed by atoms with van der Waals surface area (Å²) in [4.78, 5) is 21.7. The summed E-state index contributed by atoms with van der Waals surface area (Å²) in [6.45, 7) is 3.14. The number of nitrogens with zero attached hydrogens (tertiary/aromatic N) is 1. The third kappa shape index (κ3) is 3.25. The van der Waals surface area contributed by atoms with Crippen molar-refractivity contribution in [3.05, 3.63) is 33.9 Å². The molecular formula is C11H14N2O4. The maximum Gasteiger partial charge on any atom is 0.293 e. The molecule has 6 nitrogen and oxygen atoms in total. The van der Waals surface area contributed by atoms with E-state index in [0.717, 1.165) is 0 Å². The fourth-order valence-electron chi connectivity index (χ4n) is 1.41. The maximum absolute atomic E-state index is 11.4. The topological polar surface area (TPSA) is 92.5 Å². The van der Waals surface area contributed by atoms with Gasteiger partial charge in [0.25, 0.3) is 5.69 Å². The predicted octanol–water partition coefficient (Wildman–Crippen LogP) is 1.94. The summed E-state index contributed by atoms with van der Waals surface area (Å²) in [6, 6.07) is 4.15. The fraction of sp³-hybridized carbons (Fsp3) is 0.364. The molecule has 1 aromatic carbocycles. The Morgan fingerprint density at radius 3 is 2.71 bits per heavy atom. The van der Waals surface area contributed by atoms with E-state index in [4.69, 9.17) is 5.11 Å². The first-order valence-corrected chi connectivity index (χ1v) is 5.22. The molecule has 0 bridgehead atoms. The lowest BCUT2D eigenvalue weighted by molar-refractivity contribution is -0.384. The van der Waals surface area contributed by atoms with E-state index in [1.807, 2.05) is 0 Å². The first kappa shape index (κ1) is 13.1. The summed E-state index contributed by atoms with van der Waals surface area (Å²) in [5.41, 5.74) is 0.276. The minimum atomic E-state index is -0.901. The van der Waals surface area contributed by atoms with Gasteiger partial charge in [-0.15, -0.1) is 0 Å². The number of aliphatic hydroxyl groups is 1. The van der Waals surface area contributed by atoms with Crippen molar-refractivity contribution < 1.29 is 14.8 Å². The van der Waals surface area contributed by atoms with Gasteiger partial charge in [-0.2, -0.15) is 0 Å². The van der Waals surface area contributed by atoms with E-state index in [1.165, 1.54) is 25.1 Å². The number of nitro benzene ring substituents is 1. The molecule has 6 heteroatoms. The molecule has 2 N–H and O–H groups in total. The van der Waals surface area contributed by atoms with E-state index < -0.39 is 11.2 Å². The molecule has 1 unspecified atom stereocenters. The van der Waals surface area contributed by atoms with Crippen LogP contribution in [0.5, 0.6) is 0 Å². The van der Waals surface area contributed by atoms with Gasteiger partial charge in [-0.3, -0.25) is 14.9 Å².